The SMILES string of the molecule is Fc1cccc(NCc2cnc3cnc(Br)cn23)c1. The van der Waals surface area contributed by atoms with Crippen LogP contribution < -0.4 is 5.32 Å². The fourth-order valence-corrected chi connectivity index (χ4v) is 2.15. The minimum atomic E-state index is -0.255. The average molecular weight is 321 g/mol. The summed E-state index contributed by atoms with van der Waals surface area (Å²) in [5, 5.41) is 3.16. The second-order valence-electron chi connectivity index (χ2n) is 4.05. The summed E-state index contributed by atoms with van der Waals surface area (Å²) in [6.07, 6.45) is 5.32. The Hall–Kier alpha value is -1.95. The minimum Gasteiger partial charge on any atom is -0.379 e. The number of benzene rings is 1. The lowest BCUT2D eigenvalue weighted by Crippen LogP contribution is -2.03. The first-order valence-corrected chi connectivity index (χ1v) is 6.48. The molecular formula is C13H10BrFN4. The van der Waals surface area contributed by atoms with Gasteiger partial charge in [0, 0.05) is 11.9 Å². The molecule has 0 fully saturated rings. The summed E-state index contributed by atoms with van der Waals surface area (Å²) < 4.78 is 15.7. The molecule has 0 bridgehead atoms. The van der Waals surface area contributed by atoms with E-state index in [1.807, 2.05) is 16.7 Å². The molecule has 3 rings (SSSR count). The van der Waals surface area contributed by atoms with Crippen LogP contribution in [0.5, 0.6) is 0 Å². The topological polar surface area (TPSA) is 42.2 Å². The van der Waals surface area contributed by atoms with E-state index in [1.165, 1.54) is 12.1 Å². The van der Waals surface area contributed by atoms with Crippen molar-refractivity contribution in [3.8, 4) is 0 Å². The van der Waals surface area contributed by atoms with Gasteiger partial charge in [0.05, 0.1) is 24.6 Å². The summed E-state index contributed by atoms with van der Waals surface area (Å²) >= 11 is 3.33. The monoisotopic (exact) mass is 320 g/mol. The number of nitrogens with zero attached hydrogens (tertiary/aromatic N) is 3. The molecule has 0 radical (unpaired) electrons. The van der Waals surface area contributed by atoms with Gasteiger partial charge in [-0.3, -0.25) is 4.40 Å². The van der Waals surface area contributed by atoms with Gasteiger partial charge in [0.15, 0.2) is 5.65 Å². The Balaban J connectivity index is 1.84. The third kappa shape index (κ3) is 2.58. The molecule has 0 unspecified atom stereocenters. The van der Waals surface area contributed by atoms with Crippen LogP contribution >= 0.6 is 15.9 Å². The van der Waals surface area contributed by atoms with Crippen LogP contribution in [0.2, 0.25) is 0 Å². The first kappa shape index (κ1) is 12.1. The van der Waals surface area contributed by atoms with Crippen molar-refractivity contribution in [3.05, 3.63) is 59.0 Å². The van der Waals surface area contributed by atoms with Crippen molar-refractivity contribution in [1.29, 1.82) is 0 Å². The van der Waals surface area contributed by atoms with Crippen molar-refractivity contribution >= 4 is 27.3 Å². The van der Waals surface area contributed by atoms with E-state index in [0.29, 0.717) is 6.54 Å². The van der Waals surface area contributed by atoms with Crippen molar-refractivity contribution in [1.82, 2.24) is 14.4 Å². The van der Waals surface area contributed by atoms with E-state index in [1.54, 1.807) is 18.5 Å². The lowest BCUT2D eigenvalue weighted by molar-refractivity contribution is 0.628. The van der Waals surface area contributed by atoms with Crippen molar-refractivity contribution in [2.75, 3.05) is 5.32 Å². The van der Waals surface area contributed by atoms with Crippen LogP contribution in [0.15, 0.2) is 47.5 Å². The molecule has 0 aliphatic heterocycles. The fraction of sp³-hybridized carbons (Fsp3) is 0.0769. The number of fused-ring (bicyclic) bond motifs is 1. The summed E-state index contributed by atoms with van der Waals surface area (Å²) in [5.74, 6) is -0.255. The molecule has 0 atom stereocenters. The van der Waals surface area contributed by atoms with E-state index in [2.05, 4.69) is 31.2 Å². The third-order valence-corrected chi connectivity index (χ3v) is 3.15. The van der Waals surface area contributed by atoms with Crippen LogP contribution in [-0.4, -0.2) is 14.4 Å². The molecule has 0 spiro atoms. The Morgan fingerprint density at radius 3 is 3.00 bits per heavy atom. The quantitative estimate of drug-likeness (QED) is 0.805. The molecular weight excluding hydrogens is 311 g/mol. The minimum absolute atomic E-state index is 0.255. The van der Waals surface area contributed by atoms with Crippen molar-refractivity contribution in [2.24, 2.45) is 0 Å². The zero-order chi connectivity index (χ0) is 13.2. The van der Waals surface area contributed by atoms with Gasteiger partial charge in [0.2, 0.25) is 0 Å². The molecule has 0 saturated carbocycles. The number of nitrogens with one attached hydrogen (secondary N) is 1. The van der Waals surface area contributed by atoms with Crippen LogP contribution in [0.25, 0.3) is 5.65 Å². The summed E-state index contributed by atoms with van der Waals surface area (Å²) in [5.41, 5.74) is 2.49. The molecule has 3 aromatic rings. The van der Waals surface area contributed by atoms with Gasteiger partial charge in [-0.2, -0.15) is 0 Å². The predicted octanol–water partition coefficient (Wildman–Crippen LogP) is 3.24. The molecule has 4 nitrogen and oxygen atoms in total. The highest BCUT2D eigenvalue weighted by Gasteiger charge is 2.04. The van der Waals surface area contributed by atoms with Gasteiger partial charge < -0.3 is 5.32 Å². The van der Waals surface area contributed by atoms with Gasteiger partial charge in [-0.15, -0.1) is 0 Å². The highest BCUT2D eigenvalue weighted by Crippen LogP contribution is 2.14. The smallest absolute Gasteiger partial charge is 0.155 e. The van der Waals surface area contributed by atoms with Crippen molar-refractivity contribution in [3.63, 3.8) is 0 Å². The molecule has 0 saturated heterocycles. The fourth-order valence-electron chi connectivity index (χ4n) is 1.84. The molecule has 96 valence electrons. The Morgan fingerprint density at radius 2 is 2.16 bits per heavy atom. The second kappa shape index (κ2) is 4.97. The summed E-state index contributed by atoms with van der Waals surface area (Å²) in [6, 6.07) is 6.37. The zero-order valence-corrected chi connectivity index (χ0v) is 11.4. The van der Waals surface area contributed by atoms with Crippen LogP contribution in [-0.2, 0) is 6.54 Å². The molecule has 6 heteroatoms. The lowest BCUT2D eigenvalue weighted by Gasteiger charge is -2.06. The second-order valence-corrected chi connectivity index (χ2v) is 4.86. The highest BCUT2D eigenvalue weighted by atomic mass is 79.9. The maximum Gasteiger partial charge on any atom is 0.155 e. The molecule has 1 N–H and O–H groups in total. The van der Waals surface area contributed by atoms with Gasteiger partial charge in [-0.1, -0.05) is 6.07 Å². The van der Waals surface area contributed by atoms with Crippen LogP contribution in [0.3, 0.4) is 0 Å². The zero-order valence-electron chi connectivity index (χ0n) is 9.85. The Labute approximate surface area is 117 Å². The normalized spacial score (nSPS) is 10.8. The maximum absolute atomic E-state index is 13.1. The van der Waals surface area contributed by atoms with E-state index in [-0.39, 0.29) is 5.82 Å². The van der Waals surface area contributed by atoms with Gasteiger partial charge in [0.1, 0.15) is 10.4 Å². The highest BCUT2D eigenvalue weighted by molar-refractivity contribution is 9.10. The number of anilines is 1. The largest absolute Gasteiger partial charge is 0.379 e. The molecule has 2 aromatic heterocycles. The molecule has 1 aromatic carbocycles. The summed E-state index contributed by atoms with van der Waals surface area (Å²) in [4.78, 5) is 8.37. The molecule has 19 heavy (non-hydrogen) atoms. The number of rotatable bonds is 3. The Bertz CT molecular complexity index is 725. The maximum atomic E-state index is 13.1. The summed E-state index contributed by atoms with van der Waals surface area (Å²) in [6.45, 7) is 0.557. The number of hydrogen-bond donors (Lipinski definition) is 1. The van der Waals surface area contributed by atoms with E-state index in [0.717, 1.165) is 21.6 Å². The van der Waals surface area contributed by atoms with Gasteiger partial charge >= 0.3 is 0 Å². The average Bonchev–Trinajstić information content (AvgIpc) is 2.79. The molecule has 0 aliphatic carbocycles. The number of halogens is 2. The van der Waals surface area contributed by atoms with Crippen LogP contribution in [0, 0.1) is 5.82 Å². The Kier molecular flexibility index (Phi) is 3.16. The number of imidazole rings is 1. The lowest BCUT2D eigenvalue weighted by atomic mass is 10.3. The van der Waals surface area contributed by atoms with E-state index in [4.69, 9.17) is 0 Å². The van der Waals surface area contributed by atoms with Crippen LogP contribution in [0.1, 0.15) is 5.69 Å². The number of hydrogen-bond acceptors (Lipinski definition) is 3. The first-order valence-electron chi connectivity index (χ1n) is 5.69. The van der Waals surface area contributed by atoms with Gasteiger partial charge in [-0.25, -0.2) is 14.4 Å². The standard InChI is InChI=1S/C13H10BrFN4/c14-12-8-19-11(6-18-13(19)7-17-12)5-16-10-3-1-2-9(15)4-10/h1-4,6-8,16H,5H2. The van der Waals surface area contributed by atoms with Crippen molar-refractivity contribution < 1.29 is 4.39 Å². The Morgan fingerprint density at radius 1 is 1.26 bits per heavy atom. The van der Waals surface area contributed by atoms with Crippen molar-refractivity contribution in [2.45, 2.75) is 6.54 Å². The van der Waals surface area contributed by atoms with E-state index >= 15 is 0 Å². The summed E-state index contributed by atoms with van der Waals surface area (Å²) in [7, 11) is 0. The van der Waals surface area contributed by atoms with Gasteiger partial charge in [0.25, 0.3) is 0 Å². The third-order valence-electron chi connectivity index (χ3n) is 2.74. The van der Waals surface area contributed by atoms with Crippen LogP contribution in [0.4, 0.5) is 10.1 Å². The van der Waals surface area contributed by atoms with Gasteiger partial charge in [-0.05, 0) is 34.1 Å². The number of aromatic nitrogens is 3. The first-order chi connectivity index (χ1) is 9.22. The van der Waals surface area contributed by atoms with E-state index < -0.39 is 0 Å². The molecule has 0 aliphatic rings. The molecule has 0 amide bonds. The predicted molar refractivity (Wildman–Crippen MR) is 74.4 cm³/mol. The van der Waals surface area contributed by atoms with E-state index in [9.17, 15) is 4.39 Å². The molecule has 2 heterocycles.